The van der Waals surface area contributed by atoms with Crippen LogP contribution in [0.1, 0.15) is 12.8 Å². The second-order valence-corrected chi connectivity index (χ2v) is 6.73. The first kappa shape index (κ1) is 17.0. The molecule has 0 spiro atoms. The molecule has 24 heavy (non-hydrogen) atoms. The third-order valence-corrected chi connectivity index (χ3v) is 4.34. The van der Waals surface area contributed by atoms with Gasteiger partial charge in [-0.1, -0.05) is 0 Å². The van der Waals surface area contributed by atoms with E-state index in [1.807, 2.05) is 9.80 Å². The number of nitrogens with one attached hydrogen (secondary N) is 1. The van der Waals surface area contributed by atoms with Crippen LogP contribution < -0.4 is 44.0 Å². The molecule has 11 nitrogen and oxygen atoms in total. The van der Waals surface area contributed by atoms with Gasteiger partial charge >= 0.3 is 0 Å². The van der Waals surface area contributed by atoms with Gasteiger partial charge in [-0.25, -0.2) is 5.84 Å². The SMILES string of the molecule is NNc1nc(N2CC(N)CC(N)C2)nc(N2CC(N)CC(N)C2)n1. The quantitative estimate of drug-likeness (QED) is 0.242. The van der Waals surface area contributed by atoms with Gasteiger partial charge in [0.25, 0.3) is 0 Å². The molecule has 3 heterocycles. The summed E-state index contributed by atoms with van der Waals surface area (Å²) in [6.07, 6.45) is 1.57. The van der Waals surface area contributed by atoms with Crippen molar-refractivity contribution in [3.8, 4) is 0 Å². The fourth-order valence-corrected chi connectivity index (χ4v) is 3.39. The van der Waals surface area contributed by atoms with Crippen LogP contribution in [-0.4, -0.2) is 65.3 Å². The second kappa shape index (κ2) is 6.99. The van der Waals surface area contributed by atoms with Crippen LogP contribution in [0.15, 0.2) is 0 Å². The van der Waals surface area contributed by atoms with Crippen molar-refractivity contribution in [2.24, 2.45) is 28.8 Å². The Bertz CT molecular complexity index is 503. The normalized spacial score (nSPS) is 31.2. The van der Waals surface area contributed by atoms with Gasteiger partial charge in [-0.15, -0.1) is 0 Å². The molecule has 4 unspecified atom stereocenters. The van der Waals surface area contributed by atoms with Crippen LogP contribution in [0.3, 0.4) is 0 Å². The molecule has 3 rings (SSSR count). The minimum Gasteiger partial charge on any atom is -0.338 e. The summed E-state index contributed by atoms with van der Waals surface area (Å²) in [6.45, 7) is 2.56. The molecule has 134 valence electrons. The van der Waals surface area contributed by atoms with E-state index in [9.17, 15) is 0 Å². The van der Waals surface area contributed by atoms with Gasteiger partial charge in [-0.3, -0.25) is 5.43 Å². The lowest BCUT2D eigenvalue weighted by molar-refractivity contribution is 0.441. The Morgan fingerprint density at radius 3 is 1.42 bits per heavy atom. The summed E-state index contributed by atoms with van der Waals surface area (Å²) in [4.78, 5) is 17.2. The first-order chi connectivity index (χ1) is 11.4. The van der Waals surface area contributed by atoms with E-state index in [1.54, 1.807) is 0 Å². The third-order valence-electron chi connectivity index (χ3n) is 4.34. The molecule has 11 heteroatoms. The van der Waals surface area contributed by atoms with Crippen LogP contribution >= 0.6 is 0 Å². The Morgan fingerprint density at radius 1 is 0.708 bits per heavy atom. The van der Waals surface area contributed by atoms with Gasteiger partial charge in [0.2, 0.25) is 17.8 Å². The predicted octanol–water partition coefficient (Wildman–Crippen LogP) is -3.11. The number of nitrogen functional groups attached to an aromatic ring is 1. The molecule has 0 amide bonds. The summed E-state index contributed by atoms with van der Waals surface area (Å²) < 4.78 is 0. The van der Waals surface area contributed by atoms with Crippen molar-refractivity contribution in [2.75, 3.05) is 41.4 Å². The van der Waals surface area contributed by atoms with Crippen LogP contribution in [0.25, 0.3) is 0 Å². The lowest BCUT2D eigenvalue weighted by atomic mass is 10.0. The summed E-state index contributed by atoms with van der Waals surface area (Å²) >= 11 is 0. The zero-order valence-electron chi connectivity index (χ0n) is 13.7. The molecule has 0 radical (unpaired) electrons. The largest absolute Gasteiger partial charge is 0.338 e. The van der Waals surface area contributed by atoms with Crippen LogP contribution in [0, 0.1) is 0 Å². The van der Waals surface area contributed by atoms with Gasteiger partial charge in [0.1, 0.15) is 0 Å². The summed E-state index contributed by atoms with van der Waals surface area (Å²) in [7, 11) is 0. The topological polar surface area (TPSA) is 187 Å². The predicted molar refractivity (Wildman–Crippen MR) is 93.2 cm³/mol. The van der Waals surface area contributed by atoms with Gasteiger partial charge in [0.05, 0.1) is 0 Å². The average molecular weight is 337 g/mol. The summed E-state index contributed by atoms with van der Waals surface area (Å²) in [5, 5.41) is 0. The van der Waals surface area contributed by atoms with Crippen LogP contribution in [0.2, 0.25) is 0 Å². The zero-order chi connectivity index (χ0) is 17.3. The standard InChI is InChI=1S/C13H27N11/c14-7-1-8(15)4-23(3-7)12-19-11(22-18)20-13(21-12)24-5-9(16)2-10(17)6-24/h7-10H,1-6,14-18H2,(H,19,20,21,22). The molecular formula is C13H27N11. The van der Waals surface area contributed by atoms with Crippen LogP contribution in [0.4, 0.5) is 17.8 Å². The van der Waals surface area contributed by atoms with E-state index in [-0.39, 0.29) is 30.1 Å². The molecule has 2 saturated heterocycles. The molecule has 1 aromatic heterocycles. The van der Waals surface area contributed by atoms with Crippen molar-refractivity contribution in [1.29, 1.82) is 0 Å². The van der Waals surface area contributed by atoms with Crippen molar-refractivity contribution >= 4 is 17.8 Å². The van der Waals surface area contributed by atoms with Gasteiger partial charge in [-0.05, 0) is 12.8 Å². The summed E-state index contributed by atoms with van der Waals surface area (Å²) in [5.41, 5.74) is 26.7. The summed E-state index contributed by atoms with van der Waals surface area (Å²) in [6, 6.07) is -0.0553. The number of nitrogens with zero attached hydrogens (tertiary/aromatic N) is 5. The van der Waals surface area contributed by atoms with Crippen molar-refractivity contribution in [2.45, 2.75) is 37.0 Å². The van der Waals surface area contributed by atoms with E-state index in [0.29, 0.717) is 38.1 Å². The number of piperidine rings is 2. The smallest absolute Gasteiger partial charge is 0.243 e. The van der Waals surface area contributed by atoms with Crippen molar-refractivity contribution in [3.05, 3.63) is 0 Å². The minimum atomic E-state index is -0.0138. The van der Waals surface area contributed by atoms with E-state index in [4.69, 9.17) is 28.8 Å². The highest BCUT2D eigenvalue weighted by atomic mass is 15.4. The van der Waals surface area contributed by atoms with Crippen molar-refractivity contribution in [1.82, 2.24) is 15.0 Å². The average Bonchev–Trinajstić information content (AvgIpc) is 2.52. The minimum absolute atomic E-state index is 0.0138. The number of anilines is 3. The maximum Gasteiger partial charge on any atom is 0.243 e. The van der Waals surface area contributed by atoms with Crippen LogP contribution in [-0.2, 0) is 0 Å². The molecule has 4 atom stereocenters. The maximum atomic E-state index is 6.06. The highest BCUT2D eigenvalue weighted by Crippen LogP contribution is 2.21. The monoisotopic (exact) mass is 337 g/mol. The second-order valence-electron chi connectivity index (χ2n) is 6.73. The van der Waals surface area contributed by atoms with Gasteiger partial charge in [-0.2, -0.15) is 15.0 Å². The number of aromatic nitrogens is 3. The highest BCUT2D eigenvalue weighted by Gasteiger charge is 2.28. The molecule has 1 aromatic rings. The molecule has 2 aliphatic rings. The van der Waals surface area contributed by atoms with Gasteiger partial charge in [0, 0.05) is 50.3 Å². The Kier molecular flexibility index (Phi) is 4.96. The summed E-state index contributed by atoms with van der Waals surface area (Å²) in [5.74, 6) is 6.82. The first-order valence-electron chi connectivity index (χ1n) is 8.19. The lowest BCUT2D eigenvalue weighted by Gasteiger charge is -2.36. The molecule has 11 N–H and O–H groups in total. The van der Waals surface area contributed by atoms with E-state index in [1.165, 1.54) is 0 Å². The number of hydrazine groups is 1. The molecule has 0 aromatic carbocycles. The number of rotatable bonds is 3. The molecule has 0 saturated carbocycles. The molecule has 2 fully saturated rings. The van der Waals surface area contributed by atoms with Gasteiger partial charge < -0.3 is 32.7 Å². The number of nitrogens with two attached hydrogens (primary N) is 5. The number of hydrogen-bond donors (Lipinski definition) is 6. The van der Waals surface area contributed by atoms with Crippen LogP contribution in [0.5, 0.6) is 0 Å². The molecule has 0 bridgehead atoms. The van der Waals surface area contributed by atoms with E-state index in [2.05, 4.69) is 20.4 Å². The maximum absolute atomic E-state index is 6.06. The Balaban J connectivity index is 1.88. The van der Waals surface area contributed by atoms with Crippen molar-refractivity contribution in [3.63, 3.8) is 0 Å². The Morgan fingerprint density at radius 2 is 1.08 bits per heavy atom. The van der Waals surface area contributed by atoms with Crippen molar-refractivity contribution < 1.29 is 0 Å². The fourth-order valence-electron chi connectivity index (χ4n) is 3.39. The first-order valence-corrected chi connectivity index (χ1v) is 8.19. The zero-order valence-corrected chi connectivity index (χ0v) is 13.7. The third kappa shape index (κ3) is 3.82. The van der Waals surface area contributed by atoms with Gasteiger partial charge in [0.15, 0.2) is 0 Å². The number of hydrogen-bond acceptors (Lipinski definition) is 11. The molecular weight excluding hydrogens is 310 g/mol. The molecule has 2 aliphatic heterocycles. The fraction of sp³-hybridized carbons (Fsp3) is 0.769. The molecule has 0 aliphatic carbocycles. The Labute approximate surface area is 140 Å². The highest BCUT2D eigenvalue weighted by molar-refractivity contribution is 5.46. The lowest BCUT2D eigenvalue weighted by Crippen LogP contribution is -2.54. The van der Waals surface area contributed by atoms with E-state index < -0.39 is 0 Å². The Hall–Kier alpha value is -1.79. The van der Waals surface area contributed by atoms with E-state index >= 15 is 0 Å². The van der Waals surface area contributed by atoms with E-state index in [0.717, 1.165) is 12.8 Å².